The highest BCUT2D eigenvalue weighted by molar-refractivity contribution is 7.99. The predicted octanol–water partition coefficient (Wildman–Crippen LogP) is 3.32. The topological polar surface area (TPSA) is 50.4 Å². The van der Waals surface area contributed by atoms with Gasteiger partial charge in [0, 0.05) is 4.90 Å². The molecule has 1 aliphatic rings. The molecule has 1 heterocycles. The second-order valence-corrected chi connectivity index (χ2v) is 6.05. The third-order valence-electron chi connectivity index (χ3n) is 3.23. The van der Waals surface area contributed by atoms with Gasteiger partial charge in [-0.1, -0.05) is 38.3 Å². The number of unbranched alkanes of at least 4 members (excludes halogenated alkanes) is 3. The van der Waals surface area contributed by atoms with Crippen LogP contribution in [0.4, 0.5) is 0 Å². The molecule has 0 saturated carbocycles. The number of hydrogen-bond donors (Lipinski definition) is 2. The van der Waals surface area contributed by atoms with E-state index in [0.717, 1.165) is 0 Å². The molecule has 1 atom stereocenters. The van der Waals surface area contributed by atoms with Crippen molar-refractivity contribution in [1.82, 2.24) is 5.32 Å². The molecule has 1 aliphatic heterocycles. The smallest absolute Gasteiger partial charge is 0.127 e. The first-order chi connectivity index (χ1) is 9.29. The average molecular weight is 277 g/mol. The summed E-state index contributed by atoms with van der Waals surface area (Å²) in [6.07, 6.45) is 5.36. The van der Waals surface area contributed by atoms with Crippen LogP contribution in [0.2, 0.25) is 0 Å². The van der Waals surface area contributed by atoms with Crippen molar-refractivity contribution >= 4 is 17.6 Å². The van der Waals surface area contributed by atoms with Gasteiger partial charge in [-0.05, 0) is 29.9 Å². The highest BCUT2D eigenvalue weighted by atomic mass is 32.2. The van der Waals surface area contributed by atoms with Crippen LogP contribution >= 0.6 is 11.8 Å². The molecule has 3 N–H and O–H groups in total. The Morgan fingerprint density at radius 1 is 1.26 bits per heavy atom. The summed E-state index contributed by atoms with van der Waals surface area (Å²) in [5.74, 6) is 1.91. The highest BCUT2D eigenvalue weighted by Crippen LogP contribution is 2.23. The number of nitrogens with zero attached hydrogens (tertiary/aromatic N) is 1. The van der Waals surface area contributed by atoms with Crippen molar-refractivity contribution in [2.75, 3.05) is 12.3 Å². The molecule has 0 radical (unpaired) electrons. The fourth-order valence-corrected chi connectivity index (χ4v) is 3.03. The van der Waals surface area contributed by atoms with Crippen molar-refractivity contribution in [1.29, 1.82) is 0 Å². The Kier molecular flexibility index (Phi) is 5.73. The molecule has 0 spiro atoms. The largest absolute Gasteiger partial charge is 0.386 e. The normalized spacial score (nSPS) is 18.6. The van der Waals surface area contributed by atoms with Crippen molar-refractivity contribution in [2.45, 2.75) is 43.7 Å². The van der Waals surface area contributed by atoms with Gasteiger partial charge in [-0.2, -0.15) is 0 Å². The van der Waals surface area contributed by atoms with Gasteiger partial charge in [0.05, 0.1) is 6.54 Å². The van der Waals surface area contributed by atoms with Crippen LogP contribution in [-0.4, -0.2) is 18.1 Å². The van der Waals surface area contributed by atoms with E-state index in [1.54, 1.807) is 0 Å². The Balaban J connectivity index is 1.78. The van der Waals surface area contributed by atoms with Crippen LogP contribution < -0.4 is 11.1 Å². The molecule has 0 amide bonds. The second kappa shape index (κ2) is 7.56. The Morgan fingerprint density at radius 3 is 2.68 bits per heavy atom. The zero-order valence-corrected chi connectivity index (χ0v) is 12.4. The first-order valence-electron chi connectivity index (χ1n) is 7.08. The number of nitrogens with one attached hydrogen (secondary N) is 1. The van der Waals surface area contributed by atoms with Gasteiger partial charge in [0.25, 0.3) is 0 Å². The summed E-state index contributed by atoms with van der Waals surface area (Å²) in [6.45, 7) is 2.94. The summed E-state index contributed by atoms with van der Waals surface area (Å²) in [5.41, 5.74) is 6.87. The van der Waals surface area contributed by atoms with E-state index in [0.29, 0.717) is 12.4 Å². The van der Waals surface area contributed by atoms with E-state index in [1.807, 2.05) is 11.8 Å². The number of hydrogen-bond acceptors (Lipinski definition) is 4. The standard InChI is InChI=1S/C15H23N3S/c1-2-3-4-5-10-19-13-8-6-12(7-9-13)15-17-11-14(16)18-15/h6-9,15,17H,2-5,10-11H2,1H3,(H2,16,18). The van der Waals surface area contributed by atoms with E-state index < -0.39 is 0 Å². The molecule has 3 nitrogen and oxygen atoms in total. The zero-order chi connectivity index (χ0) is 13.5. The molecule has 1 unspecified atom stereocenters. The van der Waals surface area contributed by atoms with Crippen LogP contribution in [0.25, 0.3) is 0 Å². The number of nitrogens with two attached hydrogens (primary N) is 1. The summed E-state index contributed by atoms with van der Waals surface area (Å²) >= 11 is 1.94. The maximum absolute atomic E-state index is 5.68. The molecule has 1 aromatic carbocycles. The van der Waals surface area contributed by atoms with Gasteiger partial charge in [-0.25, -0.2) is 4.99 Å². The van der Waals surface area contributed by atoms with Crippen LogP contribution in [0.15, 0.2) is 34.2 Å². The molecule has 0 fully saturated rings. The first kappa shape index (κ1) is 14.4. The molecule has 0 aliphatic carbocycles. The summed E-state index contributed by atoms with van der Waals surface area (Å²) in [6, 6.07) is 8.67. The van der Waals surface area contributed by atoms with Crippen LogP contribution in [0, 0.1) is 0 Å². The molecular formula is C15H23N3S. The Bertz CT molecular complexity index is 414. The monoisotopic (exact) mass is 277 g/mol. The molecule has 19 heavy (non-hydrogen) atoms. The van der Waals surface area contributed by atoms with Crippen LogP contribution in [-0.2, 0) is 0 Å². The lowest BCUT2D eigenvalue weighted by atomic mass is 10.2. The SMILES string of the molecule is CCCCCCSc1ccc(C2N=C(N)CN2)cc1. The second-order valence-electron chi connectivity index (χ2n) is 4.88. The van der Waals surface area contributed by atoms with Crippen LogP contribution in [0.3, 0.4) is 0 Å². The van der Waals surface area contributed by atoms with Crippen molar-refractivity contribution in [3.8, 4) is 0 Å². The minimum Gasteiger partial charge on any atom is -0.386 e. The van der Waals surface area contributed by atoms with E-state index in [4.69, 9.17) is 5.73 Å². The zero-order valence-electron chi connectivity index (χ0n) is 11.6. The van der Waals surface area contributed by atoms with Gasteiger partial charge in [0.15, 0.2) is 0 Å². The summed E-state index contributed by atoms with van der Waals surface area (Å²) in [5, 5.41) is 3.27. The lowest BCUT2D eigenvalue weighted by Crippen LogP contribution is -2.21. The molecule has 0 bridgehead atoms. The lowest BCUT2D eigenvalue weighted by molar-refractivity contribution is 0.643. The summed E-state index contributed by atoms with van der Waals surface area (Å²) < 4.78 is 0. The maximum Gasteiger partial charge on any atom is 0.127 e. The fraction of sp³-hybridized carbons (Fsp3) is 0.533. The molecule has 4 heteroatoms. The molecule has 1 aromatic rings. The lowest BCUT2D eigenvalue weighted by Gasteiger charge is -2.09. The van der Waals surface area contributed by atoms with Crippen molar-refractivity contribution < 1.29 is 0 Å². The number of rotatable bonds is 7. The quantitative estimate of drug-likeness (QED) is 0.594. The minimum absolute atomic E-state index is 0.0450. The predicted molar refractivity (Wildman–Crippen MR) is 83.7 cm³/mol. The van der Waals surface area contributed by atoms with Gasteiger partial charge >= 0.3 is 0 Å². The number of aliphatic imine (C=N–C) groups is 1. The van der Waals surface area contributed by atoms with Crippen molar-refractivity contribution in [3.05, 3.63) is 29.8 Å². The molecule has 104 valence electrons. The van der Waals surface area contributed by atoms with E-state index in [1.165, 1.54) is 41.9 Å². The maximum atomic E-state index is 5.68. The fourth-order valence-electron chi connectivity index (χ4n) is 2.12. The average Bonchev–Trinajstić information content (AvgIpc) is 2.86. The van der Waals surface area contributed by atoms with Gasteiger partial charge in [0.2, 0.25) is 0 Å². The molecule has 0 aromatic heterocycles. The van der Waals surface area contributed by atoms with Crippen LogP contribution in [0.1, 0.15) is 44.3 Å². The first-order valence-corrected chi connectivity index (χ1v) is 8.06. The van der Waals surface area contributed by atoms with Crippen molar-refractivity contribution in [3.63, 3.8) is 0 Å². The van der Waals surface area contributed by atoms with E-state index in [-0.39, 0.29) is 6.17 Å². The Hall–Kier alpha value is -1.00. The van der Waals surface area contributed by atoms with Gasteiger partial charge in [0.1, 0.15) is 12.0 Å². The van der Waals surface area contributed by atoms with Gasteiger partial charge in [-0.3, -0.25) is 5.32 Å². The molecule has 2 rings (SSSR count). The van der Waals surface area contributed by atoms with Gasteiger partial charge in [-0.15, -0.1) is 11.8 Å². The van der Waals surface area contributed by atoms with Crippen molar-refractivity contribution in [2.24, 2.45) is 10.7 Å². The van der Waals surface area contributed by atoms with Crippen LogP contribution in [0.5, 0.6) is 0 Å². The number of amidine groups is 1. The number of thioether (sulfide) groups is 1. The molecular weight excluding hydrogens is 254 g/mol. The summed E-state index contributed by atoms with van der Waals surface area (Å²) in [4.78, 5) is 5.70. The van der Waals surface area contributed by atoms with E-state index >= 15 is 0 Å². The Morgan fingerprint density at radius 2 is 2.05 bits per heavy atom. The summed E-state index contributed by atoms with van der Waals surface area (Å²) in [7, 11) is 0. The third-order valence-corrected chi connectivity index (χ3v) is 4.33. The van der Waals surface area contributed by atoms with E-state index in [9.17, 15) is 0 Å². The van der Waals surface area contributed by atoms with E-state index in [2.05, 4.69) is 41.5 Å². The highest BCUT2D eigenvalue weighted by Gasteiger charge is 2.15. The van der Waals surface area contributed by atoms with Gasteiger partial charge < -0.3 is 5.73 Å². The molecule has 0 saturated heterocycles. The Labute approximate surface area is 120 Å². The minimum atomic E-state index is 0.0450. The number of benzene rings is 1. The third kappa shape index (κ3) is 4.55.